The van der Waals surface area contributed by atoms with Crippen molar-refractivity contribution in [2.24, 2.45) is 0 Å². The molecule has 0 spiro atoms. The number of rotatable bonds is 2. The Morgan fingerprint density at radius 1 is 1.13 bits per heavy atom. The Kier molecular flexibility index (Phi) is 3.78. The fourth-order valence-electron chi connectivity index (χ4n) is 2.29. The zero-order valence-electron chi connectivity index (χ0n) is 12.9. The first-order valence-corrected chi connectivity index (χ1v) is 7.46. The van der Waals surface area contributed by atoms with Crippen LogP contribution in [-0.2, 0) is 5.60 Å². The molecule has 6 heteroatoms. The molecule has 1 aromatic carbocycles. The highest BCUT2D eigenvalue weighted by Crippen LogP contribution is 2.30. The Balaban J connectivity index is 2.10. The van der Waals surface area contributed by atoms with Crippen molar-refractivity contribution in [1.82, 2.24) is 15.0 Å². The molecular weight excluding hydrogens is 317 g/mol. The van der Waals surface area contributed by atoms with Crippen molar-refractivity contribution in [3.63, 3.8) is 0 Å². The predicted molar refractivity (Wildman–Crippen MR) is 87.7 cm³/mol. The number of benzene rings is 1. The third-order valence-electron chi connectivity index (χ3n) is 3.56. The molecule has 2 heterocycles. The molecule has 0 fully saturated rings. The summed E-state index contributed by atoms with van der Waals surface area (Å²) in [4.78, 5) is 12.5. The molecule has 1 N–H and O–H groups in total. The number of nitrogens with zero attached hydrogens (tertiary/aromatic N) is 3. The van der Waals surface area contributed by atoms with E-state index in [9.17, 15) is 9.50 Å². The molecule has 0 aliphatic rings. The first kappa shape index (κ1) is 15.8. The molecule has 0 aliphatic carbocycles. The van der Waals surface area contributed by atoms with Crippen molar-refractivity contribution < 1.29 is 9.50 Å². The van der Waals surface area contributed by atoms with E-state index in [0.717, 1.165) is 11.1 Å². The van der Waals surface area contributed by atoms with E-state index < -0.39 is 11.4 Å². The molecule has 3 rings (SSSR count). The number of aryl methyl sites for hydroxylation is 1. The third kappa shape index (κ3) is 2.90. The van der Waals surface area contributed by atoms with E-state index in [4.69, 9.17) is 11.6 Å². The Morgan fingerprint density at radius 2 is 1.78 bits per heavy atom. The molecule has 0 saturated heterocycles. The van der Waals surface area contributed by atoms with Gasteiger partial charge < -0.3 is 5.11 Å². The summed E-state index contributed by atoms with van der Waals surface area (Å²) in [5, 5.41) is 10.5. The molecule has 0 aliphatic heterocycles. The van der Waals surface area contributed by atoms with Gasteiger partial charge >= 0.3 is 0 Å². The van der Waals surface area contributed by atoms with Gasteiger partial charge in [0.15, 0.2) is 11.6 Å². The Bertz CT molecular complexity index is 889. The molecule has 23 heavy (non-hydrogen) atoms. The lowest BCUT2D eigenvalue weighted by Crippen LogP contribution is -2.19. The van der Waals surface area contributed by atoms with Gasteiger partial charge in [-0.25, -0.2) is 19.3 Å². The molecule has 3 aromatic rings. The van der Waals surface area contributed by atoms with Crippen molar-refractivity contribution in [3.05, 3.63) is 53.0 Å². The van der Waals surface area contributed by atoms with Crippen molar-refractivity contribution >= 4 is 22.5 Å². The van der Waals surface area contributed by atoms with Crippen molar-refractivity contribution in [2.75, 3.05) is 0 Å². The molecular formula is C17H15ClFN3O. The van der Waals surface area contributed by atoms with Crippen molar-refractivity contribution in [2.45, 2.75) is 26.4 Å². The number of hydrogen-bond acceptors (Lipinski definition) is 4. The molecule has 0 atom stereocenters. The topological polar surface area (TPSA) is 58.9 Å². The van der Waals surface area contributed by atoms with Gasteiger partial charge in [-0.2, -0.15) is 0 Å². The summed E-state index contributed by atoms with van der Waals surface area (Å²) < 4.78 is 13.9. The van der Waals surface area contributed by atoms with E-state index in [2.05, 4.69) is 15.0 Å². The highest BCUT2D eigenvalue weighted by molar-refractivity contribution is 6.35. The van der Waals surface area contributed by atoms with E-state index in [1.54, 1.807) is 45.3 Å². The molecule has 2 aromatic heterocycles. The largest absolute Gasteiger partial charge is 0.382 e. The van der Waals surface area contributed by atoms with Crippen molar-refractivity contribution in [3.8, 4) is 11.1 Å². The summed E-state index contributed by atoms with van der Waals surface area (Å²) in [6.45, 7) is 4.82. The average Bonchev–Trinajstić information content (AvgIpc) is 2.52. The van der Waals surface area contributed by atoms with Crippen LogP contribution < -0.4 is 0 Å². The zero-order valence-corrected chi connectivity index (χ0v) is 13.7. The van der Waals surface area contributed by atoms with Gasteiger partial charge in [0.1, 0.15) is 5.60 Å². The number of pyridine rings is 1. The Labute approximate surface area is 138 Å². The number of fused-ring (bicyclic) bond motifs is 1. The fraction of sp³-hybridized carbons (Fsp3) is 0.235. The summed E-state index contributed by atoms with van der Waals surface area (Å²) in [6, 6.07) is 5.40. The average molecular weight is 332 g/mol. The lowest BCUT2D eigenvalue weighted by Gasteiger charge is -2.15. The second-order valence-corrected chi connectivity index (χ2v) is 6.29. The van der Waals surface area contributed by atoms with Crippen LogP contribution in [0, 0.1) is 12.7 Å². The maximum Gasteiger partial charge on any atom is 0.163 e. The maximum absolute atomic E-state index is 13.9. The molecule has 0 radical (unpaired) electrons. The van der Waals surface area contributed by atoms with Crippen LogP contribution in [0.3, 0.4) is 0 Å². The van der Waals surface area contributed by atoms with Gasteiger partial charge in [0.2, 0.25) is 0 Å². The van der Waals surface area contributed by atoms with Crippen LogP contribution in [-0.4, -0.2) is 20.1 Å². The van der Waals surface area contributed by atoms with Gasteiger partial charge in [-0.3, -0.25) is 0 Å². The second kappa shape index (κ2) is 5.51. The number of hydrogen-bond donors (Lipinski definition) is 1. The van der Waals surface area contributed by atoms with Gasteiger partial charge in [0, 0.05) is 23.3 Å². The minimum absolute atomic E-state index is 0.0587. The minimum atomic E-state index is -1.10. The minimum Gasteiger partial charge on any atom is -0.382 e. The number of aliphatic hydroxyl groups is 1. The maximum atomic E-state index is 13.9. The lowest BCUT2D eigenvalue weighted by atomic mass is 10.0. The normalized spacial score (nSPS) is 11.9. The highest BCUT2D eigenvalue weighted by atomic mass is 35.5. The van der Waals surface area contributed by atoms with Gasteiger partial charge in [-0.15, -0.1) is 0 Å². The first-order chi connectivity index (χ1) is 10.8. The highest BCUT2D eigenvalue weighted by Gasteiger charge is 2.19. The molecule has 0 amide bonds. The monoisotopic (exact) mass is 331 g/mol. The summed E-state index contributed by atoms with van der Waals surface area (Å²) >= 11 is 6.10. The van der Waals surface area contributed by atoms with Gasteiger partial charge in [0.25, 0.3) is 0 Å². The van der Waals surface area contributed by atoms with Crippen LogP contribution in [0.1, 0.15) is 25.4 Å². The molecule has 0 saturated carbocycles. The van der Waals surface area contributed by atoms with Gasteiger partial charge in [-0.05, 0) is 38.5 Å². The lowest BCUT2D eigenvalue weighted by molar-refractivity contribution is 0.0687. The zero-order chi connectivity index (χ0) is 16.8. The van der Waals surface area contributed by atoms with Crippen molar-refractivity contribution in [1.29, 1.82) is 0 Å². The standard InChI is InChI=1S/C17H15ClFN3O/c1-9-15(19)14(18)12-6-10(4-5-13(12)22-9)11-7-20-16(21-8-11)17(2,3)23/h4-8,23H,1-3H3. The SMILES string of the molecule is Cc1nc2ccc(-c3cnc(C(C)(C)O)nc3)cc2c(Cl)c1F. The van der Waals surface area contributed by atoms with Crippen LogP contribution in [0.5, 0.6) is 0 Å². The number of halogens is 2. The van der Waals surface area contributed by atoms with Gasteiger partial charge in [0.05, 0.1) is 16.2 Å². The fourth-order valence-corrected chi connectivity index (χ4v) is 2.58. The molecule has 0 unspecified atom stereocenters. The van der Waals surface area contributed by atoms with E-state index in [0.29, 0.717) is 16.7 Å². The van der Waals surface area contributed by atoms with E-state index in [1.165, 1.54) is 0 Å². The third-order valence-corrected chi connectivity index (χ3v) is 3.93. The quantitative estimate of drug-likeness (QED) is 0.770. The summed E-state index contributed by atoms with van der Waals surface area (Å²) in [5.41, 5.74) is 1.35. The second-order valence-electron chi connectivity index (χ2n) is 5.91. The molecule has 118 valence electrons. The smallest absolute Gasteiger partial charge is 0.163 e. The summed E-state index contributed by atoms with van der Waals surface area (Å²) in [5.74, 6) is -0.173. The first-order valence-electron chi connectivity index (χ1n) is 7.08. The summed E-state index contributed by atoms with van der Waals surface area (Å²) in [7, 11) is 0. The Hall–Kier alpha value is -2.11. The van der Waals surface area contributed by atoms with Crippen LogP contribution in [0.4, 0.5) is 4.39 Å². The van der Waals surface area contributed by atoms with E-state index in [-0.39, 0.29) is 10.7 Å². The molecule has 0 bridgehead atoms. The predicted octanol–water partition coefficient (Wildman–Crippen LogP) is 4.02. The van der Waals surface area contributed by atoms with Gasteiger partial charge in [-0.1, -0.05) is 17.7 Å². The molecule has 4 nitrogen and oxygen atoms in total. The van der Waals surface area contributed by atoms with Crippen LogP contribution in [0.15, 0.2) is 30.6 Å². The van der Waals surface area contributed by atoms with Crippen LogP contribution in [0.2, 0.25) is 5.02 Å². The Morgan fingerprint density at radius 3 is 2.39 bits per heavy atom. The van der Waals surface area contributed by atoms with E-state index >= 15 is 0 Å². The van der Waals surface area contributed by atoms with E-state index in [1.807, 2.05) is 6.07 Å². The number of aromatic nitrogens is 3. The summed E-state index contributed by atoms with van der Waals surface area (Å²) in [6.07, 6.45) is 3.24. The van der Waals surface area contributed by atoms with Crippen LogP contribution in [0.25, 0.3) is 22.0 Å². The van der Waals surface area contributed by atoms with Crippen LogP contribution >= 0.6 is 11.6 Å².